The number of nitrogens with two attached hydrogens (primary N) is 1. The molecule has 1 atom stereocenters. The summed E-state index contributed by atoms with van der Waals surface area (Å²) < 4.78 is 0. The van der Waals surface area contributed by atoms with Crippen molar-refractivity contribution in [2.75, 3.05) is 0 Å². The van der Waals surface area contributed by atoms with Gasteiger partial charge in [0.25, 0.3) is 0 Å². The van der Waals surface area contributed by atoms with Crippen LogP contribution in [0, 0.1) is 0 Å². The third-order valence-corrected chi connectivity index (χ3v) is 2.30. The Kier molecular flexibility index (Phi) is 1.62. The maximum absolute atomic E-state index is 5.92. The summed E-state index contributed by atoms with van der Waals surface area (Å²) in [6.45, 7) is 0. The van der Waals surface area contributed by atoms with Crippen molar-refractivity contribution in [1.82, 2.24) is 4.98 Å². The van der Waals surface area contributed by atoms with Gasteiger partial charge < -0.3 is 5.73 Å². The lowest BCUT2D eigenvalue weighted by Crippen LogP contribution is -2.17. The van der Waals surface area contributed by atoms with Crippen LogP contribution < -0.4 is 5.73 Å². The Bertz CT molecular complexity index is 257. The SMILES string of the molecule is N[C@H]1CCCc2cnccc21. The first-order chi connectivity index (χ1) is 5.38. The lowest BCUT2D eigenvalue weighted by Gasteiger charge is -2.20. The van der Waals surface area contributed by atoms with Crippen LogP contribution in [0.1, 0.15) is 30.0 Å². The van der Waals surface area contributed by atoms with Gasteiger partial charge in [-0.15, -0.1) is 0 Å². The molecule has 0 fully saturated rings. The van der Waals surface area contributed by atoms with Gasteiger partial charge in [-0.05, 0) is 36.5 Å². The average molecular weight is 148 g/mol. The molecule has 0 radical (unpaired) electrons. The fraction of sp³-hybridized carbons (Fsp3) is 0.444. The Labute approximate surface area is 66.4 Å². The van der Waals surface area contributed by atoms with E-state index in [-0.39, 0.29) is 6.04 Å². The third kappa shape index (κ3) is 1.14. The van der Waals surface area contributed by atoms with Gasteiger partial charge in [0, 0.05) is 18.4 Å². The molecule has 0 spiro atoms. The van der Waals surface area contributed by atoms with E-state index in [1.54, 1.807) is 0 Å². The fourth-order valence-corrected chi connectivity index (χ4v) is 1.68. The molecule has 1 aromatic heterocycles. The molecule has 0 aromatic carbocycles. The molecule has 0 bridgehead atoms. The van der Waals surface area contributed by atoms with Crippen molar-refractivity contribution in [3.8, 4) is 0 Å². The van der Waals surface area contributed by atoms with E-state index in [1.807, 2.05) is 18.5 Å². The highest BCUT2D eigenvalue weighted by molar-refractivity contribution is 5.28. The Morgan fingerprint density at radius 1 is 1.55 bits per heavy atom. The van der Waals surface area contributed by atoms with Gasteiger partial charge in [-0.1, -0.05) is 0 Å². The average Bonchev–Trinajstić information content (AvgIpc) is 2.06. The molecule has 0 aliphatic heterocycles. The molecule has 0 saturated heterocycles. The van der Waals surface area contributed by atoms with Crippen LogP contribution in [0.5, 0.6) is 0 Å². The fourth-order valence-electron chi connectivity index (χ4n) is 1.68. The first kappa shape index (κ1) is 6.80. The van der Waals surface area contributed by atoms with Gasteiger partial charge in [-0.25, -0.2) is 0 Å². The van der Waals surface area contributed by atoms with Gasteiger partial charge in [0.05, 0.1) is 0 Å². The summed E-state index contributed by atoms with van der Waals surface area (Å²) in [6.07, 6.45) is 7.24. The molecule has 0 unspecified atom stereocenters. The molecule has 1 aliphatic rings. The van der Waals surface area contributed by atoms with Crippen molar-refractivity contribution >= 4 is 0 Å². The minimum atomic E-state index is 0.252. The van der Waals surface area contributed by atoms with E-state index in [2.05, 4.69) is 4.98 Å². The monoisotopic (exact) mass is 148 g/mol. The second-order valence-electron chi connectivity index (χ2n) is 3.07. The normalized spacial score (nSPS) is 22.8. The van der Waals surface area contributed by atoms with Crippen LogP contribution in [0.15, 0.2) is 18.5 Å². The van der Waals surface area contributed by atoms with Gasteiger partial charge in [0.1, 0.15) is 0 Å². The number of fused-ring (bicyclic) bond motifs is 1. The van der Waals surface area contributed by atoms with E-state index in [4.69, 9.17) is 5.73 Å². The van der Waals surface area contributed by atoms with Gasteiger partial charge in [-0.2, -0.15) is 0 Å². The summed E-state index contributed by atoms with van der Waals surface area (Å²) in [5.74, 6) is 0. The predicted octanol–water partition coefficient (Wildman–Crippen LogP) is 1.42. The minimum absolute atomic E-state index is 0.252. The van der Waals surface area contributed by atoms with E-state index < -0.39 is 0 Å². The number of hydrogen-bond acceptors (Lipinski definition) is 2. The van der Waals surface area contributed by atoms with Crippen LogP contribution in [0.25, 0.3) is 0 Å². The molecule has 2 nitrogen and oxygen atoms in total. The maximum Gasteiger partial charge on any atom is 0.0303 e. The summed E-state index contributed by atoms with van der Waals surface area (Å²) >= 11 is 0. The van der Waals surface area contributed by atoms with Crippen molar-refractivity contribution < 1.29 is 0 Å². The standard InChI is InChI=1S/C9H12N2/c10-9-3-1-2-7-6-11-5-4-8(7)9/h4-6,9H,1-3,10H2/t9-/m0/s1. The highest BCUT2D eigenvalue weighted by atomic mass is 14.7. The van der Waals surface area contributed by atoms with Crippen LogP contribution in [-0.2, 0) is 6.42 Å². The molecule has 58 valence electrons. The lowest BCUT2D eigenvalue weighted by atomic mass is 9.90. The molecule has 11 heavy (non-hydrogen) atoms. The topological polar surface area (TPSA) is 38.9 Å². The van der Waals surface area contributed by atoms with E-state index in [1.165, 1.54) is 17.5 Å². The molecule has 1 aliphatic carbocycles. The van der Waals surface area contributed by atoms with Crippen LogP contribution in [0.2, 0.25) is 0 Å². The summed E-state index contributed by atoms with van der Waals surface area (Å²) in [5.41, 5.74) is 8.56. The molecule has 2 heteroatoms. The Morgan fingerprint density at radius 3 is 3.27 bits per heavy atom. The second kappa shape index (κ2) is 2.62. The third-order valence-electron chi connectivity index (χ3n) is 2.30. The van der Waals surface area contributed by atoms with E-state index in [0.717, 1.165) is 12.8 Å². The number of hydrogen-bond donors (Lipinski definition) is 1. The molecule has 2 rings (SSSR count). The van der Waals surface area contributed by atoms with Gasteiger partial charge in [0.15, 0.2) is 0 Å². The molecule has 2 N–H and O–H groups in total. The van der Waals surface area contributed by atoms with Crippen molar-refractivity contribution in [2.24, 2.45) is 5.73 Å². The van der Waals surface area contributed by atoms with E-state index in [9.17, 15) is 0 Å². The number of aromatic nitrogens is 1. The van der Waals surface area contributed by atoms with Crippen molar-refractivity contribution in [2.45, 2.75) is 25.3 Å². The van der Waals surface area contributed by atoms with Gasteiger partial charge in [0.2, 0.25) is 0 Å². The highest BCUT2D eigenvalue weighted by Crippen LogP contribution is 2.26. The van der Waals surface area contributed by atoms with Crippen molar-refractivity contribution in [3.63, 3.8) is 0 Å². The minimum Gasteiger partial charge on any atom is -0.324 e. The number of pyridine rings is 1. The van der Waals surface area contributed by atoms with Crippen molar-refractivity contribution in [3.05, 3.63) is 29.6 Å². The second-order valence-corrected chi connectivity index (χ2v) is 3.07. The van der Waals surface area contributed by atoms with Crippen LogP contribution in [-0.4, -0.2) is 4.98 Å². The van der Waals surface area contributed by atoms with Crippen LogP contribution in [0.3, 0.4) is 0 Å². The molecule has 0 amide bonds. The molecule has 1 aromatic rings. The number of rotatable bonds is 0. The number of nitrogens with zero attached hydrogens (tertiary/aromatic N) is 1. The van der Waals surface area contributed by atoms with E-state index in [0.29, 0.717) is 0 Å². The summed E-state index contributed by atoms with van der Waals surface area (Å²) in [5, 5.41) is 0. The lowest BCUT2D eigenvalue weighted by molar-refractivity contribution is 0.568. The van der Waals surface area contributed by atoms with Gasteiger partial charge >= 0.3 is 0 Å². The Morgan fingerprint density at radius 2 is 2.45 bits per heavy atom. The Hall–Kier alpha value is -0.890. The number of aryl methyl sites for hydroxylation is 1. The zero-order valence-corrected chi connectivity index (χ0v) is 6.46. The Balaban J connectivity index is 2.44. The molecule has 0 saturated carbocycles. The summed E-state index contributed by atoms with van der Waals surface area (Å²) in [4.78, 5) is 4.08. The van der Waals surface area contributed by atoms with Gasteiger partial charge in [-0.3, -0.25) is 4.98 Å². The molecular formula is C9H12N2. The van der Waals surface area contributed by atoms with Crippen LogP contribution >= 0.6 is 0 Å². The quantitative estimate of drug-likeness (QED) is 0.604. The highest BCUT2D eigenvalue weighted by Gasteiger charge is 2.15. The molecular weight excluding hydrogens is 136 g/mol. The van der Waals surface area contributed by atoms with Crippen molar-refractivity contribution in [1.29, 1.82) is 0 Å². The smallest absolute Gasteiger partial charge is 0.0303 e. The van der Waals surface area contributed by atoms with Crippen LogP contribution in [0.4, 0.5) is 0 Å². The zero-order chi connectivity index (χ0) is 7.68. The molecule has 1 heterocycles. The summed E-state index contributed by atoms with van der Waals surface area (Å²) in [6, 6.07) is 2.29. The first-order valence-corrected chi connectivity index (χ1v) is 4.06. The zero-order valence-electron chi connectivity index (χ0n) is 6.46. The predicted molar refractivity (Wildman–Crippen MR) is 44.1 cm³/mol. The summed E-state index contributed by atoms with van der Waals surface area (Å²) in [7, 11) is 0. The largest absolute Gasteiger partial charge is 0.324 e. The maximum atomic E-state index is 5.92. The first-order valence-electron chi connectivity index (χ1n) is 4.06. The van der Waals surface area contributed by atoms with E-state index >= 15 is 0 Å².